The third-order valence-electron chi connectivity index (χ3n) is 14.5. The lowest BCUT2D eigenvalue weighted by molar-refractivity contribution is 1.17. The van der Waals surface area contributed by atoms with Gasteiger partial charge >= 0.3 is 0 Å². The van der Waals surface area contributed by atoms with Crippen LogP contribution < -0.4 is 46.4 Å². The van der Waals surface area contributed by atoms with Gasteiger partial charge in [-0.05, 0) is 90.9 Å². The van der Waals surface area contributed by atoms with E-state index in [4.69, 9.17) is 9.97 Å². The summed E-state index contributed by atoms with van der Waals surface area (Å²) in [5, 5.41) is 12.9. The molecule has 0 saturated carbocycles. The molecule has 9 aromatic carbocycles. The smallest absolute Gasteiger partial charge is 0.188 e. The van der Waals surface area contributed by atoms with Gasteiger partial charge in [0.25, 0.3) is 0 Å². The van der Waals surface area contributed by atoms with E-state index in [1.54, 1.807) is 0 Å². The van der Waals surface area contributed by atoms with Gasteiger partial charge in [0.2, 0.25) is 0 Å². The Morgan fingerprint density at radius 1 is 0.386 bits per heavy atom. The maximum absolute atomic E-state index is 5.50. The topological polar surface area (TPSA) is 34.0 Å². The summed E-state index contributed by atoms with van der Waals surface area (Å²) in [5.41, 5.74) is 7.80. The van der Waals surface area contributed by atoms with Crippen LogP contribution in [0.1, 0.15) is 0 Å². The van der Waals surface area contributed by atoms with Crippen molar-refractivity contribution in [2.75, 3.05) is 4.90 Å². The highest BCUT2D eigenvalue weighted by Crippen LogP contribution is 2.42. The summed E-state index contributed by atoms with van der Waals surface area (Å²) in [4.78, 5) is 12.8. The van der Waals surface area contributed by atoms with Crippen molar-refractivity contribution in [1.82, 2.24) is 14.5 Å². The van der Waals surface area contributed by atoms with Gasteiger partial charge in [0.05, 0.1) is 22.4 Å². The van der Waals surface area contributed by atoms with E-state index < -0.39 is 16.1 Å². The lowest BCUT2D eigenvalue weighted by Crippen LogP contribution is -2.77. The number of benzene rings is 9. The highest BCUT2D eigenvalue weighted by Gasteiger charge is 2.52. The lowest BCUT2D eigenvalue weighted by Gasteiger charge is -2.45. The number of para-hydroxylation sites is 2. The summed E-state index contributed by atoms with van der Waals surface area (Å²) < 4.78 is 2.53. The van der Waals surface area contributed by atoms with Gasteiger partial charge in [0.15, 0.2) is 16.1 Å². The van der Waals surface area contributed by atoms with Crippen LogP contribution >= 0.6 is 0 Å². The summed E-state index contributed by atoms with van der Waals surface area (Å²) in [7, 11) is -6.28. The van der Waals surface area contributed by atoms with Crippen molar-refractivity contribution in [3.8, 4) is 16.9 Å². The first-order chi connectivity index (χ1) is 34.8. The Bertz CT molecular complexity index is 3750. The zero-order valence-electron chi connectivity index (χ0n) is 38.3. The van der Waals surface area contributed by atoms with Crippen LogP contribution in [-0.4, -0.2) is 30.7 Å². The second-order valence-corrected chi connectivity index (χ2v) is 25.6. The summed E-state index contributed by atoms with van der Waals surface area (Å²) in [6.45, 7) is 0. The number of aromatic nitrogens is 3. The van der Waals surface area contributed by atoms with Crippen molar-refractivity contribution in [3.05, 3.63) is 279 Å². The Balaban J connectivity index is 1.16. The Hall–Kier alpha value is -8.69. The van der Waals surface area contributed by atoms with Crippen LogP contribution in [0, 0.1) is 0 Å². The van der Waals surface area contributed by atoms with Crippen molar-refractivity contribution in [2.24, 2.45) is 0 Å². The number of rotatable bonds is 9. The van der Waals surface area contributed by atoms with Gasteiger partial charge in [-0.1, -0.05) is 212 Å². The molecule has 0 N–H and O–H groups in total. The van der Waals surface area contributed by atoms with Crippen LogP contribution in [-0.2, 0) is 0 Å². The maximum atomic E-state index is 5.50. The molecular weight excluding hydrogens is 881 g/mol. The first-order valence-corrected chi connectivity index (χ1v) is 28.0. The van der Waals surface area contributed by atoms with Crippen molar-refractivity contribution in [3.63, 3.8) is 0 Å². The zero-order valence-corrected chi connectivity index (χ0v) is 40.3. The Morgan fingerprint density at radius 2 is 0.943 bits per heavy atom. The Kier molecular flexibility index (Phi) is 10.2. The van der Waals surface area contributed by atoms with E-state index in [1.165, 1.54) is 63.3 Å². The van der Waals surface area contributed by atoms with E-state index in [2.05, 4.69) is 270 Å². The third-order valence-corrected chi connectivity index (χ3v) is 24.1. The minimum atomic E-state index is -3.21. The predicted molar refractivity (Wildman–Crippen MR) is 297 cm³/mol. The van der Waals surface area contributed by atoms with Crippen LogP contribution in [0.25, 0.3) is 38.8 Å². The number of pyridine rings is 2. The molecule has 0 spiro atoms. The molecule has 0 saturated heterocycles. The molecule has 12 aromatic rings. The maximum Gasteiger partial charge on any atom is 0.188 e. The second kappa shape index (κ2) is 17.1. The molecule has 0 bridgehead atoms. The summed E-state index contributed by atoms with van der Waals surface area (Å²) >= 11 is 0. The van der Waals surface area contributed by atoms with Crippen molar-refractivity contribution in [2.45, 2.75) is 0 Å². The SMILES string of the molecule is c1ccc(-n2c3ccccc3c3ccc4c(c32)[Si](c2ccccc2)(c2ccccc2)c2cccnc2N4c2cccc([Si](c3ccccc3)(c3ccccc3)c3cccc(-c4ccccn4)c3)c2)cc1. The van der Waals surface area contributed by atoms with Gasteiger partial charge in [-0.25, -0.2) is 4.98 Å². The number of nitrogens with zero attached hydrogens (tertiary/aromatic N) is 4. The van der Waals surface area contributed by atoms with E-state index in [0.717, 1.165) is 34.1 Å². The minimum absolute atomic E-state index is 0.956. The van der Waals surface area contributed by atoms with Crippen LogP contribution in [0.15, 0.2) is 279 Å². The number of hydrogen-bond donors (Lipinski definition) is 0. The molecule has 0 amide bonds. The molecule has 0 unspecified atom stereocenters. The van der Waals surface area contributed by atoms with E-state index in [-0.39, 0.29) is 0 Å². The predicted octanol–water partition coefficient (Wildman–Crippen LogP) is 9.78. The molecule has 13 rings (SSSR count). The number of anilines is 3. The van der Waals surface area contributed by atoms with Crippen molar-refractivity contribution < 1.29 is 0 Å². The fourth-order valence-electron chi connectivity index (χ4n) is 11.7. The summed E-state index contributed by atoms with van der Waals surface area (Å²) in [6.07, 6.45) is 3.86. The third kappa shape index (κ3) is 6.34. The van der Waals surface area contributed by atoms with Crippen LogP contribution in [0.2, 0.25) is 0 Å². The highest BCUT2D eigenvalue weighted by molar-refractivity contribution is 7.22. The van der Waals surface area contributed by atoms with E-state index in [9.17, 15) is 0 Å². The van der Waals surface area contributed by atoms with Crippen molar-refractivity contribution in [1.29, 1.82) is 0 Å². The quantitative estimate of drug-likeness (QED) is 0.107. The number of hydrogen-bond acceptors (Lipinski definition) is 3. The Morgan fingerprint density at radius 3 is 1.61 bits per heavy atom. The summed E-state index contributed by atoms with van der Waals surface area (Å²) in [6, 6.07) is 98.9. The van der Waals surface area contributed by atoms with Crippen LogP contribution in [0.4, 0.5) is 17.2 Å². The molecule has 0 atom stereocenters. The highest BCUT2D eigenvalue weighted by atomic mass is 28.3. The van der Waals surface area contributed by atoms with E-state index >= 15 is 0 Å². The Labute approximate surface area is 410 Å². The molecule has 4 heterocycles. The molecule has 1 aliphatic heterocycles. The standard InChI is InChI=1S/C64H46N4Si2/c1-6-24-48(25-7-1)67-59-39-17-16-37-56(59)57-41-42-60-63(62(57)67)70(52-31-12-4-13-32-52,53-33-14-5-15-34-53)61-40-22-44-66-64(61)68(60)49-26-21-36-55(46-49)69(50-27-8-2-9-28-50,51-29-10-3-11-30-51)54-35-20-23-47(45-54)58-38-18-19-43-65-58/h1-46H. The molecular formula is C64H46N4Si2. The molecule has 6 heteroatoms. The van der Waals surface area contributed by atoms with Gasteiger partial charge in [-0.2, -0.15) is 0 Å². The average Bonchev–Trinajstić information content (AvgIpc) is 3.79. The largest absolute Gasteiger partial charge is 0.309 e. The fourth-order valence-corrected chi connectivity index (χ4v) is 21.7. The van der Waals surface area contributed by atoms with E-state index in [0.29, 0.717) is 0 Å². The van der Waals surface area contributed by atoms with E-state index in [1.807, 2.05) is 18.5 Å². The molecule has 0 radical (unpaired) electrons. The van der Waals surface area contributed by atoms with Gasteiger partial charge in [-0.3, -0.25) is 9.88 Å². The monoisotopic (exact) mass is 926 g/mol. The van der Waals surface area contributed by atoms with Crippen molar-refractivity contribution >= 4 is 96.6 Å². The molecule has 1 aliphatic rings. The fraction of sp³-hybridized carbons (Fsp3) is 0. The molecule has 0 fully saturated rings. The first kappa shape index (κ1) is 41.5. The van der Waals surface area contributed by atoms with Crippen LogP contribution in [0.5, 0.6) is 0 Å². The van der Waals surface area contributed by atoms with Gasteiger partial charge < -0.3 is 4.57 Å². The normalized spacial score (nSPS) is 12.9. The first-order valence-electron chi connectivity index (χ1n) is 24.0. The lowest BCUT2D eigenvalue weighted by atomic mass is 10.1. The van der Waals surface area contributed by atoms with Gasteiger partial charge in [0, 0.05) is 45.3 Å². The zero-order chi connectivity index (χ0) is 46.5. The minimum Gasteiger partial charge on any atom is -0.309 e. The molecule has 0 aliphatic carbocycles. The molecule has 4 nitrogen and oxygen atoms in total. The average molecular weight is 927 g/mol. The molecule has 3 aromatic heterocycles. The summed E-state index contributed by atoms with van der Waals surface area (Å²) in [5.74, 6) is 0.956. The van der Waals surface area contributed by atoms with Crippen LogP contribution in [0.3, 0.4) is 0 Å². The van der Waals surface area contributed by atoms with Gasteiger partial charge in [-0.15, -0.1) is 0 Å². The molecule has 330 valence electrons. The number of fused-ring (bicyclic) bond motifs is 6. The van der Waals surface area contributed by atoms with Gasteiger partial charge in [0.1, 0.15) is 5.82 Å². The molecule has 70 heavy (non-hydrogen) atoms. The second-order valence-electron chi connectivity index (χ2n) is 18.1.